The van der Waals surface area contributed by atoms with Crippen LogP contribution in [0.3, 0.4) is 0 Å². The van der Waals surface area contributed by atoms with E-state index in [-0.39, 0.29) is 5.91 Å². The van der Waals surface area contributed by atoms with E-state index in [1.807, 2.05) is 30.3 Å². The second kappa shape index (κ2) is 5.72. The number of terminal acetylenes is 1. The first kappa shape index (κ1) is 13.3. The molecule has 0 spiro atoms. The molecule has 0 saturated carbocycles. The predicted octanol–water partition coefficient (Wildman–Crippen LogP) is 2.67. The first-order valence-electron chi connectivity index (χ1n) is 6.95. The molecule has 3 heteroatoms. The summed E-state index contributed by atoms with van der Waals surface area (Å²) in [6, 6.07) is 15.5. The van der Waals surface area contributed by atoms with Gasteiger partial charge in [0.1, 0.15) is 0 Å². The number of hydrogen-bond acceptors (Lipinski definition) is 2. The third-order valence-corrected chi connectivity index (χ3v) is 3.63. The molecule has 0 aliphatic carbocycles. The van der Waals surface area contributed by atoms with Gasteiger partial charge in [-0.2, -0.15) is 0 Å². The highest BCUT2D eigenvalue weighted by atomic mass is 16.2. The lowest BCUT2D eigenvalue weighted by molar-refractivity contribution is -0.115. The molecule has 104 valence electrons. The van der Waals surface area contributed by atoms with Gasteiger partial charge in [-0.25, -0.2) is 0 Å². The molecule has 0 radical (unpaired) electrons. The SMILES string of the molecule is C#Cc1cccc(NC(=O)CN2CCc3ccccc32)c1. The van der Waals surface area contributed by atoms with Crippen LogP contribution in [0.15, 0.2) is 48.5 Å². The maximum atomic E-state index is 12.2. The summed E-state index contributed by atoms with van der Waals surface area (Å²) in [4.78, 5) is 14.3. The molecule has 0 saturated heterocycles. The number of carbonyl (C=O) groups excluding carboxylic acids is 1. The minimum Gasteiger partial charge on any atom is -0.362 e. The number of rotatable bonds is 3. The topological polar surface area (TPSA) is 32.3 Å². The van der Waals surface area contributed by atoms with Gasteiger partial charge in [-0.3, -0.25) is 4.79 Å². The number of carbonyl (C=O) groups is 1. The van der Waals surface area contributed by atoms with Gasteiger partial charge in [-0.05, 0) is 36.2 Å². The third kappa shape index (κ3) is 2.90. The minimum absolute atomic E-state index is 0.0270. The zero-order valence-electron chi connectivity index (χ0n) is 11.7. The summed E-state index contributed by atoms with van der Waals surface area (Å²) in [5.74, 6) is 2.54. The molecular formula is C18H16N2O. The molecule has 21 heavy (non-hydrogen) atoms. The Morgan fingerprint density at radius 1 is 1.24 bits per heavy atom. The Hall–Kier alpha value is -2.73. The number of para-hydroxylation sites is 1. The highest BCUT2D eigenvalue weighted by Gasteiger charge is 2.20. The number of nitrogens with zero attached hydrogens (tertiary/aromatic N) is 1. The summed E-state index contributed by atoms with van der Waals surface area (Å²) in [5, 5.41) is 2.90. The standard InChI is InChI=1S/C18H16N2O/c1-2-14-6-5-8-16(12-14)19-18(21)13-20-11-10-15-7-3-4-9-17(15)20/h1,3-9,12H,10-11,13H2,(H,19,21). The normalized spacial score (nSPS) is 12.6. The fourth-order valence-electron chi connectivity index (χ4n) is 2.63. The van der Waals surface area contributed by atoms with E-state index in [2.05, 4.69) is 28.3 Å². The molecule has 3 rings (SSSR count). The van der Waals surface area contributed by atoms with E-state index in [1.165, 1.54) is 5.56 Å². The van der Waals surface area contributed by atoms with E-state index in [1.54, 1.807) is 6.07 Å². The van der Waals surface area contributed by atoms with Crippen LogP contribution in [-0.4, -0.2) is 19.0 Å². The average molecular weight is 276 g/mol. The van der Waals surface area contributed by atoms with Gasteiger partial charge in [-0.15, -0.1) is 6.42 Å². The van der Waals surface area contributed by atoms with Crippen LogP contribution in [0.2, 0.25) is 0 Å². The molecule has 0 bridgehead atoms. The van der Waals surface area contributed by atoms with Crippen LogP contribution in [0, 0.1) is 12.3 Å². The number of anilines is 2. The Kier molecular flexibility index (Phi) is 3.61. The van der Waals surface area contributed by atoms with Crippen LogP contribution in [0.5, 0.6) is 0 Å². The lowest BCUT2D eigenvalue weighted by Gasteiger charge is -2.18. The molecular weight excluding hydrogens is 260 g/mol. The molecule has 0 atom stereocenters. The lowest BCUT2D eigenvalue weighted by atomic mass is 10.2. The van der Waals surface area contributed by atoms with E-state index < -0.39 is 0 Å². The van der Waals surface area contributed by atoms with Crippen molar-refractivity contribution in [3.05, 3.63) is 59.7 Å². The molecule has 0 fully saturated rings. The van der Waals surface area contributed by atoms with Crippen molar-refractivity contribution in [3.8, 4) is 12.3 Å². The Labute approximate surface area is 124 Å². The summed E-state index contributed by atoms with van der Waals surface area (Å²) in [7, 11) is 0. The van der Waals surface area contributed by atoms with Gasteiger partial charge >= 0.3 is 0 Å². The highest BCUT2D eigenvalue weighted by molar-refractivity contribution is 5.94. The molecule has 2 aromatic rings. The van der Waals surface area contributed by atoms with Gasteiger partial charge in [0, 0.05) is 23.5 Å². The zero-order valence-corrected chi connectivity index (χ0v) is 11.7. The second-order valence-corrected chi connectivity index (χ2v) is 5.07. The van der Waals surface area contributed by atoms with Crippen LogP contribution in [0.25, 0.3) is 0 Å². The number of nitrogens with one attached hydrogen (secondary N) is 1. The lowest BCUT2D eigenvalue weighted by Crippen LogP contribution is -2.31. The maximum Gasteiger partial charge on any atom is 0.243 e. The summed E-state index contributed by atoms with van der Waals surface area (Å²) in [6.45, 7) is 1.24. The summed E-state index contributed by atoms with van der Waals surface area (Å²) in [5.41, 5.74) is 3.96. The van der Waals surface area contributed by atoms with Crippen molar-refractivity contribution in [3.63, 3.8) is 0 Å². The highest BCUT2D eigenvalue weighted by Crippen LogP contribution is 2.26. The van der Waals surface area contributed by atoms with E-state index in [4.69, 9.17) is 6.42 Å². The van der Waals surface area contributed by atoms with Crippen molar-refractivity contribution < 1.29 is 4.79 Å². The second-order valence-electron chi connectivity index (χ2n) is 5.07. The molecule has 1 N–H and O–H groups in total. The van der Waals surface area contributed by atoms with Crippen LogP contribution >= 0.6 is 0 Å². The van der Waals surface area contributed by atoms with Crippen molar-refractivity contribution in [2.75, 3.05) is 23.3 Å². The molecule has 1 amide bonds. The average Bonchev–Trinajstić information content (AvgIpc) is 2.91. The largest absolute Gasteiger partial charge is 0.362 e. The third-order valence-electron chi connectivity index (χ3n) is 3.63. The Balaban J connectivity index is 1.66. The Morgan fingerprint density at radius 2 is 2.10 bits per heavy atom. The Bertz CT molecular complexity index is 715. The van der Waals surface area contributed by atoms with Crippen molar-refractivity contribution >= 4 is 17.3 Å². The van der Waals surface area contributed by atoms with Gasteiger partial charge < -0.3 is 10.2 Å². The van der Waals surface area contributed by atoms with E-state index in [9.17, 15) is 4.79 Å². The summed E-state index contributed by atoms with van der Waals surface area (Å²) in [6.07, 6.45) is 6.36. The zero-order chi connectivity index (χ0) is 14.7. The number of benzene rings is 2. The van der Waals surface area contributed by atoms with Crippen LogP contribution < -0.4 is 10.2 Å². The molecule has 0 aromatic heterocycles. The molecule has 2 aromatic carbocycles. The van der Waals surface area contributed by atoms with Gasteiger partial charge in [0.05, 0.1) is 6.54 Å². The number of fused-ring (bicyclic) bond motifs is 1. The Morgan fingerprint density at radius 3 is 2.95 bits per heavy atom. The van der Waals surface area contributed by atoms with E-state index in [0.717, 1.165) is 29.9 Å². The van der Waals surface area contributed by atoms with Gasteiger partial charge in [0.2, 0.25) is 5.91 Å². The monoisotopic (exact) mass is 276 g/mol. The number of amides is 1. The predicted molar refractivity (Wildman–Crippen MR) is 85.4 cm³/mol. The fraction of sp³-hybridized carbons (Fsp3) is 0.167. The molecule has 0 unspecified atom stereocenters. The van der Waals surface area contributed by atoms with Gasteiger partial charge in [0.25, 0.3) is 0 Å². The fourth-order valence-corrected chi connectivity index (χ4v) is 2.63. The first-order chi connectivity index (χ1) is 10.3. The molecule has 1 heterocycles. The van der Waals surface area contributed by atoms with Gasteiger partial charge in [0.15, 0.2) is 0 Å². The van der Waals surface area contributed by atoms with Gasteiger partial charge in [-0.1, -0.05) is 30.2 Å². The van der Waals surface area contributed by atoms with Crippen molar-refractivity contribution in [2.45, 2.75) is 6.42 Å². The molecule has 3 nitrogen and oxygen atoms in total. The number of hydrogen-bond donors (Lipinski definition) is 1. The smallest absolute Gasteiger partial charge is 0.243 e. The first-order valence-corrected chi connectivity index (χ1v) is 6.95. The summed E-state index contributed by atoms with van der Waals surface area (Å²) >= 11 is 0. The maximum absolute atomic E-state index is 12.2. The quantitative estimate of drug-likeness (QED) is 0.874. The van der Waals surface area contributed by atoms with Crippen LogP contribution in [0.1, 0.15) is 11.1 Å². The molecule has 1 aliphatic rings. The minimum atomic E-state index is -0.0270. The van der Waals surface area contributed by atoms with Crippen molar-refractivity contribution in [1.82, 2.24) is 0 Å². The van der Waals surface area contributed by atoms with Crippen molar-refractivity contribution in [2.24, 2.45) is 0 Å². The van der Waals surface area contributed by atoms with Crippen LogP contribution in [0.4, 0.5) is 11.4 Å². The van der Waals surface area contributed by atoms with Crippen LogP contribution in [-0.2, 0) is 11.2 Å². The van der Waals surface area contributed by atoms with E-state index >= 15 is 0 Å². The summed E-state index contributed by atoms with van der Waals surface area (Å²) < 4.78 is 0. The van der Waals surface area contributed by atoms with Crippen molar-refractivity contribution in [1.29, 1.82) is 0 Å². The van der Waals surface area contributed by atoms with E-state index in [0.29, 0.717) is 6.54 Å². The molecule has 1 aliphatic heterocycles.